The lowest BCUT2D eigenvalue weighted by atomic mass is 10.3. The first-order valence-corrected chi connectivity index (χ1v) is 5.52. The normalized spacial score (nSPS) is 13.4. The molecule has 0 bridgehead atoms. The molecule has 0 aliphatic heterocycles. The largest absolute Gasteiger partial charge is 0.311 e. The molecule has 1 unspecified atom stereocenters. The molecule has 0 saturated heterocycles. The fraction of sp³-hybridized carbons (Fsp3) is 0.727. The molecule has 1 rings (SSSR count). The Bertz CT molecular complexity index is 280. The highest BCUT2D eigenvalue weighted by Crippen LogP contribution is 1.97. The molecule has 0 aliphatic carbocycles. The Balaban J connectivity index is 2.25. The van der Waals surface area contributed by atoms with Crippen LogP contribution >= 0.6 is 0 Å². The molecule has 1 atom stereocenters. The number of likely N-dealkylation sites (N-methyl/N-ethyl adjacent to an activating group) is 1. The van der Waals surface area contributed by atoms with Gasteiger partial charge >= 0.3 is 0 Å². The van der Waals surface area contributed by atoms with Crippen LogP contribution in [0.4, 0.5) is 0 Å². The van der Waals surface area contributed by atoms with Crippen molar-refractivity contribution in [2.24, 2.45) is 0 Å². The maximum Gasteiger partial charge on any atom is 0.0534 e. The van der Waals surface area contributed by atoms with Crippen LogP contribution in [0.15, 0.2) is 12.4 Å². The van der Waals surface area contributed by atoms with Gasteiger partial charge in [-0.15, -0.1) is 0 Å². The van der Waals surface area contributed by atoms with Gasteiger partial charge in [-0.2, -0.15) is 5.10 Å². The van der Waals surface area contributed by atoms with Crippen LogP contribution in [0.25, 0.3) is 0 Å². The first kappa shape index (κ1) is 12.2. The van der Waals surface area contributed by atoms with E-state index >= 15 is 0 Å². The van der Waals surface area contributed by atoms with Crippen molar-refractivity contribution in [1.82, 2.24) is 20.0 Å². The number of hydrogen-bond donors (Lipinski definition) is 1. The Morgan fingerprint density at radius 1 is 1.53 bits per heavy atom. The molecule has 0 fully saturated rings. The Morgan fingerprint density at radius 2 is 2.27 bits per heavy atom. The molecule has 0 amide bonds. The van der Waals surface area contributed by atoms with Gasteiger partial charge in [0.2, 0.25) is 0 Å². The van der Waals surface area contributed by atoms with E-state index < -0.39 is 0 Å². The second kappa shape index (κ2) is 5.88. The van der Waals surface area contributed by atoms with E-state index in [1.807, 2.05) is 10.9 Å². The third-order valence-corrected chi connectivity index (χ3v) is 2.66. The molecular formula is C11H22N4. The fourth-order valence-corrected chi connectivity index (χ4v) is 1.28. The SMILES string of the molecule is CCn1cc(CNCC(C)N(C)C)cn1. The molecule has 4 nitrogen and oxygen atoms in total. The Kier molecular flexibility index (Phi) is 4.78. The molecule has 0 aliphatic rings. The van der Waals surface area contributed by atoms with E-state index in [0.717, 1.165) is 19.6 Å². The van der Waals surface area contributed by atoms with Gasteiger partial charge in [-0.25, -0.2) is 0 Å². The number of nitrogens with zero attached hydrogens (tertiary/aromatic N) is 3. The second-order valence-corrected chi connectivity index (χ2v) is 4.15. The third kappa shape index (κ3) is 4.01. The summed E-state index contributed by atoms with van der Waals surface area (Å²) in [7, 11) is 4.20. The second-order valence-electron chi connectivity index (χ2n) is 4.15. The fourth-order valence-electron chi connectivity index (χ4n) is 1.28. The van der Waals surface area contributed by atoms with Crippen LogP contribution in [0.3, 0.4) is 0 Å². The number of nitrogens with one attached hydrogen (secondary N) is 1. The van der Waals surface area contributed by atoms with Crippen LogP contribution in [0.2, 0.25) is 0 Å². The van der Waals surface area contributed by atoms with Gasteiger partial charge in [-0.05, 0) is 27.9 Å². The van der Waals surface area contributed by atoms with Gasteiger partial charge < -0.3 is 10.2 Å². The molecule has 4 heteroatoms. The number of hydrogen-bond acceptors (Lipinski definition) is 3. The molecule has 0 spiro atoms. The van der Waals surface area contributed by atoms with Gasteiger partial charge in [0.25, 0.3) is 0 Å². The summed E-state index contributed by atoms with van der Waals surface area (Å²) in [6.07, 6.45) is 4.02. The summed E-state index contributed by atoms with van der Waals surface area (Å²) in [5, 5.41) is 7.66. The van der Waals surface area contributed by atoms with Crippen molar-refractivity contribution < 1.29 is 0 Å². The molecule has 1 heterocycles. The number of aryl methyl sites for hydroxylation is 1. The van der Waals surface area contributed by atoms with E-state index in [9.17, 15) is 0 Å². The summed E-state index contributed by atoms with van der Waals surface area (Å²) in [5.41, 5.74) is 1.25. The quantitative estimate of drug-likeness (QED) is 0.758. The first-order chi connectivity index (χ1) is 7.13. The smallest absolute Gasteiger partial charge is 0.0534 e. The monoisotopic (exact) mass is 210 g/mol. The van der Waals surface area contributed by atoms with Crippen molar-refractivity contribution >= 4 is 0 Å². The van der Waals surface area contributed by atoms with Gasteiger partial charge in [-0.1, -0.05) is 0 Å². The van der Waals surface area contributed by atoms with Gasteiger partial charge in [-0.3, -0.25) is 4.68 Å². The predicted molar refractivity (Wildman–Crippen MR) is 62.8 cm³/mol. The van der Waals surface area contributed by atoms with E-state index in [1.54, 1.807) is 0 Å². The zero-order valence-corrected chi connectivity index (χ0v) is 10.2. The molecular weight excluding hydrogens is 188 g/mol. The Labute approximate surface area is 92.3 Å². The Hall–Kier alpha value is -0.870. The maximum absolute atomic E-state index is 4.23. The summed E-state index contributed by atoms with van der Waals surface area (Å²) < 4.78 is 1.95. The lowest BCUT2D eigenvalue weighted by Crippen LogP contribution is -2.35. The van der Waals surface area contributed by atoms with Crippen molar-refractivity contribution in [3.63, 3.8) is 0 Å². The van der Waals surface area contributed by atoms with Crippen molar-refractivity contribution in [1.29, 1.82) is 0 Å². The molecule has 15 heavy (non-hydrogen) atoms. The molecule has 0 radical (unpaired) electrons. The van der Waals surface area contributed by atoms with Crippen molar-refractivity contribution in [2.75, 3.05) is 20.6 Å². The molecule has 1 N–H and O–H groups in total. The average Bonchev–Trinajstić information content (AvgIpc) is 2.65. The summed E-state index contributed by atoms with van der Waals surface area (Å²) in [5.74, 6) is 0. The highest BCUT2D eigenvalue weighted by Gasteiger charge is 2.03. The van der Waals surface area contributed by atoms with Crippen molar-refractivity contribution in [2.45, 2.75) is 33.0 Å². The minimum absolute atomic E-state index is 0.561. The highest BCUT2D eigenvalue weighted by atomic mass is 15.3. The van der Waals surface area contributed by atoms with Crippen LogP contribution in [-0.2, 0) is 13.1 Å². The summed E-state index contributed by atoms with van der Waals surface area (Å²) >= 11 is 0. The van der Waals surface area contributed by atoms with E-state index in [4.69, 9.17) is 0 Å². The summed E-state index contributed by atoms with van der Waals surface area (Å²) in [6.45, 7) is 7.15. The van der Waals surface area contributed by atoms with E-state index in [-0.39, 0.29) is 0 Å². The van der Waals surface area contributed by atoms with E-state index in [1.165, 1.54) is 5.56 Å². The summed E-state index contributed by atoms with van der Waals surface area (Å²) in [6, 6.07) is 0.561. The van der Waals surface area contributed by atoms with Crippen LogP contribution in [0.5, 0.6) is 0 Å². The highest BCUT2D eigenvalue weighted by molar-refractivity contribution is 5.03. The number of aromatic nitrogens is 2. The van der Waals surface area contributed by atoms with Gasteiger partial charge in [0.1, 0.15) is 0 Å². The molecule has 1 aromatic heterocycles. The zero-order valence-electron chi connectivity index (χ0n) is 10.2. The number of rotatable bonds is 6. The standard InChI is InChI=1S/C11H22N4/c1-5-15-9-11(8-13-15)7-12-6-10(2)14(3)4/h8-10,12H,5-7H2,1-4H3. The van der Waals surface area contributed by atoms with Gasteiger partial charge in [0.05, 0.1) is 6.20 Å². The molecule has 86 valence electrons. The van der Waals surface area contributed by atoms with Gasteiger partial charge in [0, 0.05) is 37.4 Å². The van der Waals surface area contributed by atoms with Crippen LogP contribution in [-0.4, -0.2) is 41.4 Å². The van der Waals surface area contributed by atoms with Gasteiger partial charge in [0.15, 0.2) is 0 Å². The van der Waals surface area contributed by atoms with Crippen LogP contribution in [0, 0.1) is 0 Å². The average molecular weight is 210 g/mol. The zero-order chi connectivity index (χ0) is 11.3. The molecule has 0 saturated carbocycles. The minimum Gasteiger partial charge on any atom is -0.311 e. The first-order valence-electron chi connectivity index (χ1n) is 5.52. The van der Waals surface area contributed by atoms with Crippen LogP contribution in [0.1, 0.15) is 19.4 Å². The third-order valence-electron chi connectivity index (χ3n) is 2.66. The van der Waals surface area contributed by atoms with Crippen LogP contribution < -0.4 is 5.32 Å². The topological polar surface area (TPSA) is 33.1 Å². The minimum atomic E-state index is 0.561. The van der Waals surface area contributed by atoms with Crippen molar-refractivity contribution in [3.05, 3.63) is 18.0 Å². The lowest BCUT2D eigenvalue weighted by Gasteiger charge is -2.19. The van der Waals surface area contributed by atoms with E-state index in [2.05, 4.69) is 49.5 Å². The Morgan fingerprint density at radius 3 is 2.80 bits per heavy atom. The lowest BCUT2D eigenvalue weighted by molar-refractivity contribution is 0.302. The molecule has 0 aromatic carbocycles. The maximum atomic E-state index is 4.23. The summed E-state index contributed by atoms with van der Waals surface area (Å²) in [4.78, 5) is 2.21. The molecule has 1 aromatic rings. The predicted octanol–water partition coefficient (Wildman–Crippen LogP) is 0.943. The van der Waals surface area contributed by atoms with E-state index in [0.29, 0.717) is 6.04 Å². The van der Waals surface area contributed by atoms with Crippen molar-refractivity contribution in [3.8, 4) is 0 Å².